The number of ether oxygens (including phenoxy) is 1. The summed E-state index contributed by atoms with van der Waals surface area (Å²) in [7, 11) is 0. The van der Waals surface area contributed by atoms with Crippen LogP contribution in [0.15, 0.2) is 0 Å². The zero-order valence-corrected chi connectivity index (χ0v) is 7.58. The van der Waals surface area contributed by atoms with Crippen molar-refractivity contribution in [1.82, 2.24) is 5.32 Å². The molecule has 2 amide bonds. The normalized spacial score (nSPS) is 11.8. The highest BCUT2D eigenvalue weighted by Gasteiger charge is 2.09. The van der Waals surface area contributed by atoms with Gasteiger partial charge in [0.1, 0.15) is 6.61 Å². The lowest BCUT2D eigenvalue weighted by Gasteiger charge is -2.09. The number of amides is 2. The van der Waals surface area contributed by atoms with Crippen LogP contribution in [0.1, 0.15) is 13.3 Å². The largest absolute Gasteiger partial charge is 0.448 e. The van der Waals surface area contributed by atoms with Gasteiger partial charge in [0.25, 0.3) is 0 Å². The lowest BCUT2D eigenvalue weighted by Crippen LogP contribution is -2.41. The van der Waals surface area contributed by atoms with Crippen molar-refractivity contribution in [2.24, 2.45) is 11.5 Å². The molecule has 0 saturated carbocycles. The SMILES string of the molecule is CCC(N)C(=O)NCCOC(N)=O. The summed E-state index contributed by atoms with van der Waals surface area (Å²) in [5.41, 5.74) is 10.1. The maximum Gasteiger partial charge on any atom is 0.404 e. The Labute approximate surface area is 76.6 Å². The molecule has 1 unspecified atom stereocenters. The molecule has 0 aliphatic rings. The third-order valence-electron chi connectivity index (χ3n) is 1.42. The first kappa shape index (κ1) is 11.7. The molecule has 0 bridgehead atoms. The van der Waals surface area contributed by atoms with Crippen molar-refractivity contribution in [3.8, 4) is 0 Å². The van der Waals surface area contributed by atoms with Gasteiger partial charge in [0.05, 0.1) is 12.6 Å². The molecule has 13 heavy (non-hydrogen) atoms. The van der Waals surface area contributed by atoms with Gasteiger partial charge in [-0.25, -0.2) is 4.79 Å². The van der Waals surface area contributed by atoms with Crippen molar-refractivity contribution < 1.29 is 14.3 Å². The van der Waals surface area contributed by atoms with E-state index < -0.39 is 12.1 Å². The minimum Gasteiger partial charge on any atom is -0.448 e. The molecular formula is C7H15N3O3. The van der Waals surface area contributed by atoms with E-state index in [4.69, 9.17) is 11.5 Å². The maximum absolute atomic E-state index is 11.0. The summed E-state index contributed by atoms with van der Waals surface area (Å²) in [5.74, 6) is -0.254. The standard InChI is InChI=1S/C7H15N3O3/c1-2-5(8)6(11)10-3-4-13-7(9)12/h5H,2-4,8H2,1H3,(H2,9,12)(H,10,11). The van der Waals surface area contributed by atoms with E-state index in [0.29, 0.717) is 6.42 Å². The van der Waals surface area contributed by atoms with E-state index >= 15 is 0 Å². The van der Waals surface area contributed by atoms with Crippen LogP contribution in [-0.2, 0) is 9.53 Å². The topological polar surface area (TPSA) is 107 Å². The highest BCUT2D eigenvalue weighted by molar-refractivity contribution is 5.81. The molecule has 6 heteroatoms. The van der Waals surface area contributed by atoms with Gasteiger partial charge in [-0.15, -0.1) is 0 Å². The van der Waals surface area contributed by atoms with Gasteiger partial charge in [-0.2, -0.15) is 0 Å². The highest BCUT2D eigenvalue weighted by Crippen LogP contribution is 1.84. The monoisotopic (exact) mass is 189 g/mol. The summed E-state index contributed by atoms with van der Waals surface area (Å²) in [4.78, 5) is 21.1. The van der Waals surface area contributed by atoms with Crippen molar-refractivity contribution in [3.63, 3.8) is 0 Å². The van der Waals surface area contributed by atoms with Gasteiger partial charge in [0.2, 0.25) is 5.91 Å². The van der Waals surface area contributed by atoms with E-state index in [9.17, 15) is 9.59 Å². The second kappa shape index (κ2) is 6.24. The van der Waals surface area contributed by atoms with E-state index in [0.717, 1.165) is 0 Å². The first-order chi connectivity index (χ1) is 6.07. The molecule has 0 aliphatic carbocycles. The summed E-state index contributed by atoms with van der Waals surface area (Å²) in [5, 5.41) is 2.49. The number of nitrogens with one attached hydrogen (secondary N) is 1. The number of primary amides is 1. The van der Waals surface area contributed by atoms with E-state index in [2.05, 4.69) is 10.1 Å². The van der Waals surface area contributed by atoms with Gasteiger partial charge in [-0.05, 0) is 6.42 Å². The Morgan fingerprint density at radius 1 is 1.54 bits per heavy atom. The Morgan fingerprint density at radius 2 is 2.15 bits per heavy atom. The van der Waals surface area contributed by atoms with Crippen LogP contribution in [0.2, 0.25) is 0 Å². The maximum atomic E-state index is 11.0. The number of nitrogens with two attached hydrogens (primary N) is 2. The fourth-order valence-corrected chi connectivity index (χ4v) is 0.642. The Morgan fingerprint density at radius 3 is 2.62 bits per heavy atom. The fraction of sp³-hybridized carbons (Fsp3) is 0.714. The number of hydrogen-bond donors (Lipinski definition) is 3. The van der Waals surface area contributed by atoms with Crippen molar-refractivity contribution in [3.05, 3.63) is 0 Å². The molecule has 0 spiro atoms. The average molecular weight is 189 g/mol. The van der Waals surface area contributed by atoms with Crippen molar-refractivity contribution in [2.75, 3.05) is 13.2 Å². The predicted molar refractivity (Wildman–Crippen MR) is 46.8 cm³/mol. The van der Waals surface area contributed by atoms with Crippen molar-refractivity contribution in [1.29, 1.82) is 0 Å². The zero-order chi connectivity index (χ0) is 10.3. The quantitative estimate of drug-likeness (QED) is 0.479. The van der Waals surface area contributed by atoms with Crippen LogP contribution in [0.3, 0.4) is 0 Å². The summed E-state index contributed by atoms with van der Waals surface area (Å²) in [6.07, 6.45) is -0.281. The average Bonchev–Trinajstić information content (AvgIpc) is 2.10. The van der Waals surface area contributed by atoms with Crippen LogP contribution in [0.5, 0.6) is 0 Å². The van der Waals surface area contributed by atoms with Gasteiger partial charge in [0.15, 0.2) is 0 Å². The second-order valence-electron chi connectivity index (χ2n) is 2.47. The minimum atomic E-state index is -0.853. The van der Waals surface area contributed by atoms with Crippen LogP contribution >= 0.6 is 0 Å². The minimum absolute atomic E-state index is 0.0670. The first-order valence-electron chi connectivity index (χ1n) is 4.03. The number of hydrogen-bond acceptors (Lipinski definition) is 4. The van der Waals surface area contributed by atoms with Gasteiger partial charge in [0, 0.05) is 0 Å². The lowest BCUT2D eigenvalue weighted by molar-refractivity contribution is -0.122. The Hall–Kier alpha value is -1.30. The molecular weight excluding hydrogens is 174 g/mol. The summed E-state index contributed by atoms with van der Waals surface area (Å²) < 4.78 is 4.39. The first-order valence-corrected chi connectivity index (χ1v) is 4.03. The Balaban J connectivity index is 3.42. The predicted octanol–water partition coefficient (Wildman–Crippen LogP) is -1.06. The smallest absolute Gasteiger partial charge is 0.404 e. The number of carbonyl (C=O) groups excluding carboxylic acids is 2. The molecule has 0 aromatic rings. The van der Waals surface area contributed by atoms with Crippen LogP contribution in [0, 0.1) is 0 Å². The van der Waals surface area contributed by atoms with Crippen molar-refractivity contribution >= 4 is 12.0 Å². The van der Waals surface area contributed by atoms with E-state index in [1.807, 2.05) is 6.92 Å². The molecule has 0 heterocycles. The summed E-state index contributed by atoms with van der Waals surface area (Å²) >= 11 is 0. The lowest BCUT2D eigenvalue weighted by atomic mass is 10.2. The van der Waals surface area contributed by atoms with Crippen LogP contribution in [0.25, 0.3) is 0 Å². The molecule has 0 rings (SSSR count). The number of rotatable bonds is 5. The van der Waals surface area contributed by atoms with Gasteiger partial charge in [-0.3, -0.25) is 4.79 Å². The van der Waals surface area contributed by atoms with E-state index in [1.165, 1.54) is 0 Å². The molecule has 1 atom stereocenters. The zero-order valence-electron chi connectivity index (χ0n) is 7.58. The van der Waals surface area contributed by atoms with Gasteiger partial charge < -0.3 is 21.5 Å². The van der Waals surface area contributed by atoms with Gasteiger partial charge >= 0.3 is 6.09 Å². The molecule has 0 saturated heterocycles. The van der Waals surface area contributed by atoms with Crippen LogP contribution in [-0.4, -0.2) is 31.2 Å². The molecule has 0 fully saturated rings. The van der Waals surface area contributed by atoms with E-state index in [1.54, 1.807) is 0 Å². The molecule has 0 aromatic heterocycles. The number of carbonyl (C=O) groups is 2. The third kappa shape index (κ3) is 5.92. The fourth-order valence-electron chi connectivity index (χ4n) is 0.642. The Kier molecular flexibility index (Phi) is 5.62. The highest BCUT2D eigenvalue weighted by atomic mass is 16.5. The molecule has 0 radical (unpaired) electrons. The van der Waals surface area contributed by atoms with E-state index in [-0.39, 0.29) is 19.1 Å². The molecule has 0 aromatic carbocycles. The molecule has 6 nitrogen and oxygen atoms in total. The molecule has 76 valence electrons. The molecule has 0 aliphatic heterocycles. The van der Waals surface area contributed by atoms with Crippen LogP contribution in [0.4, 0.5) is 4.79 Å². The van der Waals surface area contributed by atoms with Crippen molar-refractivity contribution in [2.45, 2.75) is 19.4 Å². The summed E-state index contributed by atoms with van der Waals surface area (Å²) in [6.45, 7) is 2.11. The Bertz CT molecular complexity index is 184. The molecule has 5 N–H and O–H groups in total. The van der Waals surface area contributed by atoms with Gasteiger partial charge in [-0.1, -0.05) is 6.92 Å². The van der Waals surface area contributed by atoms with Crippen LogP contribution < -0.4 is 16.8 Å². The third-order valence-corrected chi connectivity index (χ3v) is 1.42. The second-order valence-corrected chi connectivity index (χ2v) is 2.47. The summed E-state index contributed by atoms with van der Waals surface area (Å²) in [6, 6.07) is -0.506.